The summed E-state index contributed by atoms with van der Waals surface area (Å²) in [7, 11) is 0. The summed E-state index contributed by atoms with van der Waals surface area (Å²) in [6.07, 6.45) is 0. The molecule has 0 atom stereocenters. The van der Waals surface area contributed by atoms with Crippen LogP contribution in [0.15, 0.2) is 231 Å². The number of rotatable bonds is 8. The summed E-state index contributed by atoms with van der Waals surface area (Å²) in [6.45, 7) is 0. The first-order valence-electron chi connectivity index (χ1n) is 21.1. The lowest BCUT2D eigenvalue weighted by Gasteiger charge is -2.27. The van der Waals surface area contributed by atoms with E-state index in [0.717, 1.165) is 45.2 Å². The van der Waals surface area contributed by atoms with E-state index in [9.17, 15) is 0 Å². The lowest BCUT2D eigenvalue weighted by Crippen LogP contribution is -2.10. The SMILES string of the molecule is c1ccc(-c2ccc(N(c3ccc4ccccc4c3)c3cc(-c4ccc5c(c4)sc4cc(N(c6ccccc6)c6ccccc6)ccc45)c4[nH]c5ccccc5c4c3)cc2)cc1. The molecule has 0 unspecified atom stereocenters. The molecule has 0 aliphatic heterocycles. The van der Waals surface area contributed by atoms with Gasteiger partial charge < -0.3 is 14.8 Å². The minimum absolute atomic E-state index is 1.10. The number of benzene rings is 10. The van der Waals surface area contributed by atoms with E-state index in [1.54, 1.807) is 0 Å². The van der Waals surface area contributed by atoms with Gasteiger partial charge in [0.2, 0.25) is 0 Å². The largest absolute Gasteiger partial charge is 0.354 e. The second kappa shape index (κ2) is 15.0. The van der Waals surface area contributed by atoms with Crippen molar-refractivity contribution in [2.45, 2.75) is 0 Å². The number of para-hydroxylation sites is 3. The minimum Gasteiger partial charge on any atom is -0.354 e. The summed E-state index contributed by atoms with van der Waals surface area (Å²) in [5.41, 5.74) is 13.7. The summed E-state index contributed by atoms with van der Waals surface area (Å²) < 4.78 is 2.52. The monoisotopic (exact) mass is 809 g/mol. The molecule has 0 saturated carbocycles. The Labute approximate surface area is 364 Å². The zero-order valence-corrected chi connectivity index (χ0v) is 34.6. The Bertz CT molecular complexity index is 3530. The molecule has 0 saturated heterocycles. The highest BCUT2D eigenvalue weighted by Crippen LogP contribution is 2.46. The molecule has 0 fully saturated rings. The summed E-state index contributed by atoms with van der Waals surface area (Å²) in [5, 5.41) is 7.38. The van der Waals surface area contributed by atoms with Crippen molar-refractivity contribution in [3.63, 3.8) is 0 Å². The van der Waals surface area contributed by atoms with Crippen LogP contribution in [0.1, 0.15) is 0 Å². The lowest BCUT2D eigenvalue weighted by molar-refractivity contribution is 1.29. The van der Waals surface area contributed by atoms with E-state index in [-0.39, 0.29) is 0 Å². The summed E-state index contributed by atoms with van der Waals surface area (Å²) in [4.78, 5) is 8.60. The van der Waals surface area contributed by atoms with Gasteiger partial charge in [-0.25, -0.2) is 0 Å². The van der Waals surface area contributed by atoms with Crippen molar-refractivity contribution in [2.75, 3.05) is 9.80 Å². The molecular formula is C58H39N3S. The van der Waals surface area contributed by atoms with E-state index < -0.39 is 0 Å². The maximum absolute atomic E-state index is 3.85. The quantitative estimate of drug-likeness (QED) is 0.165. The van der Waals surface area contributed by atoms with Crippen molar-refractivity contribution in [3.8, 4) is 22.3 Å². The highest BCUT2D eigenvalue weighted by atomic mass is 32.1. The molecule has 0 aliphatic rings. The van der Waals surface area contributed by atoms with E-state index in [0.29, 0.717) is 0 Å². The van der Waals surface area contributed by atoms with Crippen LogP contribution in [0.3, 0.4) is 0 Å². The molecular weight excluding hydrogens is 771 g/mol. The van der Waals surface area contributed by atoms with Crippen molar-refractivity contribution in [2.24, 2.45) is 0 Å². The van der Waals surface area contributed by atoms with Crippen molar-refractivity contribution in [1.82, 2.24) is 4.98 Å². The van der Waals surface area contributed by atoms with E-state index in [2.05, 4.69) is 245 Å². The Hall–Kier alpha value is -7.92. The van der Waals surface area contributed by atoms with Gasteiger partial charge in [0, 0.05) is 76.1 Å². The third kappa shape index (κ3) is 6.28. The minimum atomic E-state index is 1.10. The molecule has 0 amide bonds. The molecule has 10 aromatic carbocycles. The molecule has 3 nitrogen and oxygen atoms in total. The number of aromatic amines is 1. The van der Waals surface area contributed by atoms with Gasteiger partial charge in [-0.1, -0.05) is 146 Å². The Kier molecular flexibility index (Phi) is 8.68. The number of fused-ring (bicyclic) bond motifs is 7. The van der Waals surface area contributed by atoms with Crippen LogP contribution in [0.2, 0.25) is 0 Å². The molecule has 12 rings (SSSR count). The summed E-state index contributed by atoms with van der Waals surface area (Å²) in [5.74, 6) is 0. The molecule has 0 radical (unpaired) electrons. The van der Waals surface area contributed by atoms with Crippen molar-refractivity contribution in [1.29, 1.82) is 0 Å². The van der Waals surface area contributed by atoms with Gasteiger partial charge in [0.1, 0.15) is 0 Å². The van der Waals surface area contributed by atoms with E-state index in [1.165, 1.54) is 64.0 Å². The lowest BCUT2D eigenvalue weighted by atomic mass is 9.98. The van der Waals surface area contributed by atoms with Crippen molar-refractivity contribution in [3.05, 3.63) is 231 Å². The molecule has 1 N–H and O–H groups in total. The van der Waals surface area contributed by atoms with Crippen LogP contribution in [-0.2, 0) is 0 Å². The number of hydrogen-bond acceptors (Lipinski definition) is 3. The Morgan fingerprint density at radius 3 is 1.60 bits per heavy atom. The fourth-order valence-corrected chi connectivity index (χ4v) is 10.3. The number of anilines is 6. The first-order chi connectivity index (χ1) is 30.7. The molecule has 12 aromatic rings. The zero-order valence-electron chi connectivity index (χ0n) is 33.7. The summed E-state index contributed by atoms with van der Waals surface area (Å²) in [6, 6.07) is 83.6. The molecule has 0 aliphatic carbocycles. The smallest absolute Gasteiger partial charge is 0.0546 e. The third-order valence-corrected chi connectivity index (χ3v) is 13.3. The molecule has 2 aromatic heterocycles. The van der Waals surface area contributed by atoms with E-state index >= 15 is 0 Å². The van der Waals surface area contributed by atoms with E-state index in [1.807, 2.05) is 11.3 Å². The zero-order chi connectivity index (χ0) is 41.0. The number of hydrogen-bond donors (Lipinski definition) is 1. The third-order valence-electron chi connectivity index (χ3n) is 12.1. The normalized spacial score (nSPS) is 11.5. The molecule has 62 heavy (non-hydrogen) atoms. The van der Waals surface area contributed by atoms with Gasteiger partial charge in [-0.3, -0.25) is 0 Å². The Morgan fingerprint density at radius 1 is 0.306 bits per heavy atom. The topological polar surface area (TPSA) is 22.3 Å². The highest BCUT2D eigenvalue weighted by Gasteiger charge is 2.20. The van der Waals surface area contributed by atoms with Crippen LogP contribution in [0, 0.1) is 0 Å². The van der Waals surface area contributed by atoms with E-state index in [4.69, 9.17) is 0 Å². The van der Waals surface area contributed by atoms with Gasteiger partial charge in [0.05, 0.1) is 5.52 Å². The number of nitrogens with one attached hydrogen (secondary N) is 1. The molecule has 2 heterocycles. The van der Waals surface area contributed by atoms with Gasteiger partial charge in [-0.2, -0.15) is 0 Å². The van der Waals surface area contributed by atoms with Crippen molar-refractivity contribution >= 4 is 98.2 Å². The first kappa shape index (κ1) is 36.0. The van der Waals surface area contributed by atoms with Gasteiger partial charge >= 0.3 is 0 Å². The van der Waals surface area contributed by atoms with Gasteiger partial charge in [0.15, 0.2) is 0 Å². The van der Waals surface area contributed by atoms with Crippen LogP contribution < -0.4 is 9.80 Å². The first-order valence-corrected chi connectivity index (χ1v) is 21.9. The summed E-state index contributed by atoms with van der Waals surface area (Å²) >= 11 is 1.86. The fraction of sp³-hybridized carbons (Fsp3) is 0. The highest BCUT2D eigenvalue weighted by molar-refractivity contribution is 7.25. The standard InChI is InChI=1S/C58H39N3S/c1-4-14-39(15-5-1)41-24-28-46(29-25-41)61(47-30-26-40-16-10-11-17-42(40)34-47)49-36-53(58-54(37-49)50-22-12-13-23-55(50)59-58)43-27-32-51-52-33-31-48(38-57(52)62-56(51)35-43)60(44-18-6-2-7-19-44)45-20-8-3-9-21-45/h1-38,59H. The van der Waals surface area contributed by atoms with Crippen LogP contribution in [-0.4, -0.2) is 4.98 Å². The Morgan fingerprint density at radius 2 is 0.839 bits per heavy atom. The number of aromatic nitrogens is 1. The van der Waals surface area contributed by atoms with Gasteiger partial charge in [-0.05, 0) is 112 Å². The van der Waals surface area contributed by atoms with Crippen LogP contribution >= 0.6 is 11.3 Å². The van der Waals surface area contributed by atoms with Gasteiger partial charge in [-0.15, -0.1) is 11.3 Å². The second-order valence-electron chi connectivity index (χ2n) is 15.9. The predicted molar refractivity (Wildman–Crippen MR) is 266 cm³/mol. The number of thiophene rings is 1. The second-order valence-corrected chi connectivity index (χ2v) is 16.9. The molecule has 292 valence electrons. The van der Waals surface area contributed by atoms with Crippen LogP contribution in [0.4, 0.5) is 34.1 Å². The fourth-order valence-electron chi connectivity index (χ4n) is 9.16. The maximum Gasteiger partial charge on any atom is 0.0546 e. The predicted octanol–water partition coefficient (Wildman–Crippen LogP) is 17.1. The number of H-pyrrole nitrogens is 1. The maximum atomic E-state index is 3.85. The van der Waals surface area contributed by atoms with Crippen molar-refractivity contribution < 1.29 is 0 Å². The Balaban J connectivity index is 1.03. The number of nitrogens with zero attached hydrogens (tertiary/aromatic N) is 2. The average Bonchev–Trinajstić information content (AvgIpc) is 3.90. The van der Waals surface area contributed by atoms with Crippen LogP contribution in [0.5, 0.6) is 0 Å². The van der Waals surface area contributed by atoms with Crippen LogP contribution in [0.25, 0.3) is 75.0 Å². The molecule has 4 heteroatoms. The average molecular weight is 810 g/mol. The molecule has 0 spiro atoms. The van der Waals surface area contributed by atoms with Gasteiger partial charge in [0.25, 0.3) is 0 Å². The molecule has 0 bridgehead atoms.